The number of terminal acetylenes is 1. The topological polar surface area (TPSA) is 24.5 Å². The Morgan fingerprint density at radius 3 is 3.12 bits per heavy atom. The Bertz CT molecular complexity index is 225. The van der Waals surface area contributed by atoms with E-state index in [-0.39, 0.29) is 0 Å². The zero-order valence-electron chi connectivity index (χ0n) is 11.1. The molecule has 3 nitrogen and oxygen atoms in total. The second-order valence-corrected chi connectivity index (χ2v) is 4.69. The van der Waals surface area contributed by atoms with Gasteiger partial charge in [-0.25, -0.2) is 0 Å². The van der Waals surface area contributed by atoms with Crippen molar-refractivity contribution in [2.24, 2.45) is 0 Å². The van der Waals surface area contributed by atoms with Crippen LogP contribution in [0.25, 0.3) is 0 Å². The Labute approximate surface area is 106 Å². The summed E-state index contributed by atoms with van der Waals surface area (Å²) in [6.45, 7) is 5.22. The van der Waals surface area contributed by atoms with Crippen molar-refractivity contribution in [3.05, 3.63) is 0 Å². The maximum Gasteiger partial charge on any atom is 0.0587 e. The van der Waals surface area contributed by atoms with Crippen molar-refractivity contribution in [3.8, 4) is 12.3 Å². The lowest BCUT2D eigenvalue weighted by molar-refractivity contribution is 0.139. The van der Waals surface area contributed by atoms with Gasteiger partial charge in [0.15, 0.2) is 0 Å². The monoisotopic (exact) mass is 238 g/mol. The molecule has 1 rings (SSSR count). The van der Waals surface area contributed by atoms with E-state index >= 15 is 0 Å². The largest absolute Gasteiger partial charge is 0.383 e. The highest BCUT2D eigenvalue weighted by Crippen LogP contribution is 2.16. The first kappa shape index (κ1) is 14.5. The highest BCUT2D eigenvalue weighted by Gasteiger charge is 2.20. The predicted molar refractivity (Wildman–Crippen MR) is 72.0 cm³/mol. The number of rotatable bonds is 8. The minimum absolute atomic E-state index is 0.693. The highest BCUT2D eigenvalue weighted by atomic mass is 16.5. The van der Waals surface area contributed by atoms with Gasteiger partial charge in [0.1, 0.15) is 0 Å². The molecule has 1 aliphatic rings. The number of ether oxygens (including phenoxy) is 1. The van der Waals surface area contributed by atoms with Crippen molar-refractivity contribution >= 4 is 0 Å². The Morgan fingerprint density at radius 1 is 1.47 bits per heavy atom. The molecule has 1 N–H and O–H groups in total. The number of nitrogens with one attached hydrogen (secondary N) is 1. The average molecular weight is 238 g/mol. The summed E-state index contributed by atoms with van der Waals surface area (Å²) in [5.41, 5.74) is 0. The van der Waals surface area contributed by atoms with Crippen molar-refractivity contribution in [1.29, 1.82) is 0 Å². The van der Waals surface area contributed by atoms with Crippen molar-refractivity contribution in [3.63, 3.8) is 0 Å². The van der Waals surface area contributed by atoms with Crippen molar-refractivity contribution in [2.45, 2.75) is 38.1 Å². The van der Waals surface area contributed by atoms with E-state index < -0.39 is 0 Å². The fourth-order valence-electron chi connectivity index (χ4n) is 2.41. The molecule has 3 heteroatoms. The van der Waals surface area contributed by atoms with E-state index in [1.807, 2.05) is 0 Å². The first-order chi connectivity index (χ1) is 8.38. The Morgan fingerprint density at radius 2 is 2.35 bits per heavy atom. The van der Waals surface area contributed by atoms with Gasteiger partial charge >= 0.3 is 0 Å². The van der Waals surface area contributed by atoms with Crippen molar-refractivity contribution in [1.82, 2.24) is 10.2 Å². The van der Waals surface area contributed by atoms with E-state index in [0.717, 1.165) is 39.1 Å². The maximum atomic E-state index is 5.30. The molecule has 1 atom stereocenters. The first-order valence-corrected chi connectivity index (χ1v) is 6.75. The molecule has 0 spiro atoms. The molecule has 0 aliphatic carbocycles. The lowest BCUT2D eigenvalue weighted by Gasteiger charge is -2.35. The van der Waals surface area contributed by atoms with Gasteiger partial charge in [0, 0.05) is 32.7 Å². The smallest absolute Gasteiger partial charge is 0.0587 e. The summed E-state index contributed by atoms with van der Waals surface area (Å²) >= 11 is 0. The number of hydrogen-bond acceptors (Lipinski definition) is 3. The van der Waals surface area contributed by atoms with Crippen LogP contribution in [-0.4, -0.2) is 50.8 Å². The third-order valence-corrected chi connectivity index (χ3v) is 3.38. The molecule has 17 heavy (non-hydrogen) atoms. The molecule has 1 aliphatic heterocycles. The van der Waals surface area contributed by atoms with E-state index in [1.54, 1.807) is 7.11 Å². The molecule has 0 radical (unpaired) electrons. The first-order valence-electron chi connectivity index (χ1n) is 6.75. The molecule has 0 aromatic heterocycles. The predicted octanol–water partition coefficient (Wildman–Crippen LogP) is 1.49. The van der Waals surface area contributed by atoms with Gasteiger partial charge in [-0.2, -0.15) is 0 Å². The molecule has 1 fully saturated rings. The third-order valence-electron chi connectivity index (χ3n) is 3.38. The van der Waals surface area contributed by atoms with Crippen molar-refractivity contribution < 1.29 is 4.74 Å². The minimum Gasteiger partial charge on any atom is -0.383 e. The second-order valence-electron chi connectivity index (χ2n) is 4.69. The lowest BCUT2D eigenvalue weighted by atomic mass is 10.0. The van der Waals surface area contributed by atoms with E-state index in [1.165, 1.54) is 25.8 Å². The van der Waals surface area contributed by atoms with Gasteiger partial charge in [0.25, 0.3) is 0 Å². The summed E-state index contributed by atoms with van der Waals surface area (Å²) in [7, 11) is 1.74. The van der Waals surface area contributed by atoms with Gasteiger partial charge in [-0.1, -0.05) is 6.42 Å². The average Bonchev–Trinajstić information content (AvgIpc) is 2.36. The SMILES string of the molecule is C#CCCCN1CCCCC1CNCCOC. The van der Waals surface area contributed by atoms with E-state index in [9.17, 15) is 0 Å². The molecular formula is C14H26N2O. The lowest BCUT2D eigenvalue weighted by Crippen LogP contribution is -2.46. The molecule has 0 aromatic rings. The number of piperidine rings is 1. The quantitative estimate of drug-likeness (QED) is 0.512. The summed E-state index contributed by atoms with van der Waals surface area (Å²) < 4.78 is 5.04. The van der Waals surface area contributed by atoms with Crippen molar-refractivity contribution in [2.75, 3.05) is 39.9 Å². The van der Waals surface area contributed by atoms with E-state index in [2.05, 4.69) is 16.1 Å². The molecule has 0 bridgehead atoms. The maximum absolute atomic E-state index is 5.30. The van der Waals surface area contributed by atoms with Crippen LogP contribution in [0.2, 0.25) is 0 Å². The Balaban J connectivity index is 2.20. The van der Waals surface area contributed by atoms with Gasteiger partial charge in [-0.05, 0) is 32.4 Å². The fourth-order valence-corrected chi connectivity index (χ4v) is 2.41. The summed E-state index contributed by atoms with van der Waals surface area (Å²) in [4.78, 5) is 2.60. The fraction of sp³-hybridized carbons (Fsp3) is 0.857. The molecule has 1 unspecified atom stereocenters. The number of methoxy groups -OCH3 is 1. The van der Waals surface area contributed by atoms with Gasteiger partial charge in [-0.15, -0.1) is 12.3 Å². The van der Waals surface area contributed by atoms with Crippen LogP contribution < -0.4 is 5.32 Å². The van der Waals surface area contributed by atoms with Crippen LogP contribution in [0.15, 0.2) is 0 Å². The van der Waals surface area contributed by atoms with Crippen LogP contribution in [0.4, 0.5) is 0 Å². The highest BCUT2D eigenvalue weighted by molar-refractivity contribution is 4.85. The third kappa shape index (κ3) is 6.07. The zero-order valence-corrected chi connectivity index (χ0v) is 11.1. The summed E-state index contributed by atoms with van der Waals surface area (Å²) in [6.07, 6.45) is 11.3. The van der Waals surface area contributed by atoms with Gasteiger partial charge in [0.05, 0.1) is 6.61 Å². The number of unbranched alkanes of at least 4 members (excludes halogenated alkanes) is 1. The minimum atomic E-state index is 0.693. The van der Waals surface area contributed by atoms with Gasteiger partial charge in [0.2, 0.25) is 0 Å². The summed E-state index contributed by atoms with van der Waals surface area (Å²) in [5, 5.41) is 3.47. The van der Waals surface area contributed by atoms with Crippen LogP contribution in [0.5, 0.6) is 0 Å². The summed E-state index contributed by atoms with van der Waals surface area (Å²) in [5.74, 6) is 2.72. The molecule has 0 amide bonds. The number of likely N-dealkylation sites (tertiary alicyclic amines) is 1. The molecule has 1 heterocycles. The molecule has 98 valence electrons. The molecule has 1 saturated heterocycles. The molecule has 0 aromatic carbocycles. The van der Waals surface area contributed by atoms with Crippen LogP contribution in [0.3, 0.4) is 0 Å². The van der Waals surface area contributed by atoms with Crippen LogP contribution >= 0.6 is 0 Å². The summed E-state index contributed by atoms with van der Waals surface area (Å²) in [6, 6.07) is 0.693. The Kier molecular flexibility index (Phi) is 8.08. The number of hydrogen-bond donors (Lipinski definition) is 1. The van der Waals surface area contributed by atoms with E-state index in [4.69, 9.17) is 11.2 Å². The van der Waals surface area contributed by atoms with Crippen LogP contribution in [-0.2, 0) is 4.74 Å². The second kappa shape index (κ2) is 9.47. The normalized spacial score (nSPS) is 21.3. The zero-order chi connectivity index (χ0) is 12.3. The standard InChI is InChI=1S/C14H26N2O/c1-3-4-6-10-16-11-7-5-8-14(16)13-15-9-12-17-2/h1,14-15H,4-13H2,2H3. The van der Waals surface area contributed by atoms with Crippen LogP contribution in [0.1, 0.15) is 32.1 Å². The van der Waals surface area contributed by atoms with E-state index in [0.29, 0.717) is 6.04 Å². The van der Waals surface area contributed by atoms with Gasteiger partial charge < -0.3 is 10.1 Å². The Hall–Kier alpha value is -0.560. The number of nitrogens with zero attached hydrogens (tertiary/aromatic N) is 1. The molecular weight excluding hydrogens is 212 g/mol. The van der Waals surface area contributed by atoms with Crippen LogP contribution in [0, 0.1) is 12.3 Å². The van der Waals surface area contributed by atoms with Gasteiger partial charge in [-0.3, -0.25) is 4.90 Å². The molecule has 0 saturated carbocycles.